The van der Waals surface area contributed by atoms with Gasteiger partial charge in [0.05, 0.1) is 7.11 Å². The predicted molar refractivity (Wildman–Crippen MR) is 52.3 cm³/mol. The van der Waals surface area contributed by atoms with Gasteiger partial charge in [0.1, 0.15) is 10.7 Å². The fourth-order valence-corrected chi connectivity index (χ4v) is 1.79. The first-order chi connectivity index (χ1) is 7.47. The molecule has 88 valence electrons. The highest BCUT2D eigenvalue weighted by Gasteiger charge is 2.18. The largest absolute Gasteiger partial charge is 0.452 e. The Morgan fingerprint density at radius 3 is 2.56 bits per heavy atom. The summed E-state index contributed by atoms with van der Waals surface area (Å²) in [5.41, 5.74) is 1.73. The van der Waals surface area contributed by atoms with Gasteiger partial charge in [-0.1, -0.05) is 12.1 Å². The average molecular weight is 248 g/mol. The SMILES string of the molecule is COC(=O)NNS(=O)(=O)c1ccccc1F. The Hall–Kier alpha value is -1.67. The molecule has 0 saturated carbocycles. The minimum atomic E-state index is -4.13. The van der Waals surface area contributed by atoms with E-state index in [4.69, 9.17) is 0 Å². The summed E-state index contributed by atoms with van der Waals surface area (Å²) in [6, 6.07) is 4.77. The molecule has 6 nitrogen and oxygen atoms in total. The number of hydrazine groups is 1. The fraction of sp³-hybridized carbons (Fsp3) is 0.125. The van der Waals surface area contributed by atoms with Crippen molar-refractivity contribution in [2.24, 2.45) is 0 Å². The zero-order valence-electron chi connectivity index (χ0n) is 8.23. The Kier molecular flexibility index (Phi) is 3.80. The number of benzene rings is 1. The third-order valence-corrected chi connectivity index (χ3v) is 2.88. The van der Waals surface area contributed by atoms with E-state index < -0.39 is 26.8 Å². The van der Waals surface area contributed by atoms with E-state index >= 15 is 0 Å². The van der Waals surface area contributed by atoms with E-state index in [9.17, 15) is 17.6 Å². The number of hydrogen-bond donors (Lipinski definition) is 2. The number of rotatable bonds is 3. The van der Waals surface area contributed by atoms with Gasteiger partial charge in [-0.05, 0) is 12.1 Å². The molecule has 0 aliphatic carbocycles. The number of carbonyl (C=O) groups excluding carboxylic acids is 1. The van der Waals surface area contributed by atoms with Crippen LogP contribution in [0.5, 0.6) is 0 Å². The number of ether oxygens (including phenoxy) is 1. The second kappa shape index (κ2) is 4.90. The van der Waals surface area contributed by atoms with E-state index in [0.29, 0.717) is 0 Å². The molecular formula is C8H9FN2O4S. The normalized spacial score (nSPS) is 10.9. The fourth-order valence-electron chi connectivity index (χ4n) is 0.878. The highest BCUT2D eigenvalue weighted by atomic mass is 32.2. The van der Waals surface area contributed by atoms with Crippen LogP contribution in [0, 0.1) is 5.82 Å². The molecule has 0 spiro atoms. The number of amides is 1. The average Bonchev–Trinajstić information content (AvgIpc) is 2.26. The van der Waals surface area contributed by atoms with Crippen LogP contribution >= 0.6 is 0 Å². The lowest BCUT2D eigenvalue weighted by molar-refractivity contribution is 0.169. The van der Waals surface area contributed by atoms with Crippen molar-refractivity contribution in [1.82, 2.24) is 10.3 Å². The van der Waals surface area contributed by atoms with Crippen molar-refractivity contribution in [2.45, 2.75) is 4.90 Å². The van der Waals surface area contributed by atoms with Crippen LogP contribution in [0.4, 0.5) is 9.18 Å². The number of methoxy groups -OCH3 is 1. The van der Waals surface area contributed by atoms with E-state index in [2.05, 4.69) is 4.74 Å². The van der Waals surface area contributed by atoms with Crippen molar-refractivity contribution in [3.63, 3.8) is 0 Å². The summed E-state index contributed by atoms with van der Waals surface area (Å²) >= 11 is 0. The summed E-state index contributed by atoms with van der Waals surface area (Å²) in [4.78, 5) is 11.7. The molecule has 0 unspecified atom stereocenters. The zero-order chi connectivity index (χ0) is 12.2. The number of sulfonamides is 1. The van der Waals surface area contributed by atoms with Gasteiger partial charge < -0.3 is 4.74 Å². The van der Waals surface area contributed by atoms with Crippen LogP contribution < -0.4 is 10.3 Å². The van der Waals surface area contributed by atoms with Crippen molar-refractivity contribution in [2.75, 3.05) is 7.11 Å². The highest BCUT2D eigenvalue weighted by molar-refractivity contribution is 7.89. The molecule has 1 aromatic rings. The van der Waals surface area contributed by atoms with Crippen molar-refractivity contribution >= 4 is 16.1 Å². The first kappa shape index (κ1) is 12.4. The third kappa shape index (κ3) is 2.91. The van der Waals surface area contributed by atoms with Crippen molar-refractivity contribution in [3.05, 3.63) is 30.1 Å². The summed E-state index contributed by atoms with van der Waals surface area (Å²) in [6.45, 7) is 0. The summed E-state index contributed by atoms with van der Waals surface area (Å²) in [5.74, 6) is -0.915. The van der Waals surface area contributed by atoms with Crippen LogP contribution in [0.2, 0.25) is 0 Å². The van der Waals surface area contributed by atoms with Gasteiger partial charge in [-0.15, -0.1) is 4.83 Å². The second-order valence-electron chi connectivity index (χ2n) is 2.65. The lowest BCUT2D eigenvalue weighted by atomic mass is 10.4. The molecule has 0 aliphatic rings. The monoisotopic (exact) mass is 248 g/mol. The summed E-state index contributed by atoms with van der Waals surface area (Å²) < 4.78 is 40.2. The lowest BCUT2D eigenvalue weighted by Gasteiger charge is -2.07. The summed E-state index contributed by atoms with van der Waals surface area (Å²) in [7, 11) is -3.07. The summed E-state index contributed by atoms with van der Waals surface area (Å²) in [5, 5.41) is 0. The van der Waals surface area contributed by atoms with Crippen LogP contribution in [-0.4, -0.2) is 21.6 Å². The van der Waals surface area contributed by atoms with Crippen molar-refractivity contribution < 1.29 is 22.3 Å². The minimum absolute atomic E-state index is 0.564. The molecule has 0 radical (unpaired) electrons. The van der Waals surface area contributed by atoms with E-state index in [0.717, 1.165) is 19.2 Å². The molecule has 1 rings (SSSR count). The molecule has 1 aromatic carbocycles. The van der Waals surface area contributed by atoms with Crippen LogP contribution in [0.25, 0.3) is 0 Å². The Bertz CT molecular complexity index is 489. The van der Waals surface area contributed by atoms with Crippen molar-refractivity contribution in [1.29, 1.82) is 0 Å². The van der Waals surface area contributed by atoms with E-state index in [1.165, 1.54) is 12.1 Å². The summed E-state index contributed by atoms with van der Waals surface area (Å²) in [6.07, 6.45) is -1.00. The van der Waals surface area contributed by atoms with Gasteiger partial charge in [0.25, 0.3) is 10.0 Å². The molecule has 0 saturated heterocycles. The Balaban J connectivity index is 2.87. The second-order valence-corrected chi connectivity index (χ2v) is 4.30. The quantitative estimate of drug-likeness (QED) is 0.757. The van der Waals surface area contributed by atoms with Gasteiger partial charge in [0, 0.05) is 0 Å². The molecular weight excluding hydrogens is 239 g/mol. The van der Waals surface area contributed by atoms with Gasteiger partial charge in [-0.3, -0.25) is 0 Å². The maximum absolute atomic E-state index is 13.1. The van der Waals surface area contributed by atoms with Crippen molar-refractivity contribution in [3.8, 4) is 0 Å². The molecule has 1 amide bonds. The van der Waals surface area contributed by atoms with Crippen LogP contribution in [0.3, 0.4) is 0 Å². The molecule has 0 bridgehead atoms. The van der Waals surface area contributed by atoms with Crippen LogP contribution in [0.15, 0.2) is 29.2 Å². The first-order valence-corrected chi connectivity index (χ1v) is 5.56. The molecule has 0 fully saturated rings. The highest BCUT2D eigenvalue weighted by Crippen LogP contribution is 2.12. The van der Waals surface area contributed by atoms with Gasteiger partial charge >= 0.3 is 6.09 Å². The first-order valence-electron chi connectivity index (χ1n) is 4.07. The van der Waals surface area contributed by atoms with Gasteiger partial charge in [-0.25, -0.2) is 23.0 Å². The number of hydrogen-bond acceptors (Lipinski definition) is 4. The maximum atomic E-state index is 13.1. The van der Waals surface area contributed by atoms with E-state index in [-0.39, 0.29) is 0 Å². The Morgan fingerprint density at radius 2 is 2.00 bits per heavy atom. The standard InChI is InChI=1S/C8H9FN2O4S/c1-15-8(12)10-11-16(13,14)7-5-3-2-4-6(7)9/h2-5,11H,1H3,(H,10,12). The number of nitrogens with one attached hydrogen (secondary N) is 2. The topological polar surface area (TPSA) is 84.5 Å². The van der Waals surface area contributed by atoms with Crippen LogP contribution in [0.1, 0.15) is 0 Å². The molecule has 0 heterocycles. The number of halogens is 1. The Labute approximate surface area is 91.4 Å². The van der Waals surface area contributed by atoms with E-state index in [1.54, 1.807) is 10.3 Å². The number of carbonyl (C=O) groups is 1. The molecule has 0 aliphatic heterocycles. The predicted octanol–water partition coefficient (Wildman–Crippen LogP) is 0.375. The molecule has 0 aromatic heterocycles. The molecule has 16 heavy (non-hydrogen) atoms. The smallest absolute Gasteiger partial charge is 0.422 e. The van der Waals surface area contributed by atoms with Gasteiger partial charge in [0.15, 0.2) is 0 Å². The molecule has 8 heteroatoms. The van der Waals surface area contributed by atoms with Gasteiger partial charge in [0.2, 0.25) is 0 Å². The zero-order valence-corrected chi connectivity index (χ0v) is 9.05. The maximum Gasteiger partial charge on any atom is 0.422 e. The van der Waals surface area contributed by atoms with Gasteiger partial charge in [-0.2, -0.15) is 0 Å². The minimum Gasteiger partial charge on any atom is -0.452 e. The third-order valence-electron chi connectivity index (χ3n) is 1.60. The van der Waals surface area contributed by atoms with E-state index in [1.807, 2.05) is 0 Å². The molecule has 2 N–H and O–H groups in total. The van der Waals surface area contributed by atoms with Crippen LogP contribution in [-0.2, 0) is 14.8 Å². The molecule has 0 atom stereocenters. The lowest BCUT2D eigenvalue weighted by Crippen LogP contribution is -2.41. The Morgan fingerprint density at radius 1 is 1.38 bits per heavy atom.